The molecule has 1 aliphatic rings. The Morgan fingerprint density at radius 1 is 1.21 bits per heavy atom. The van der Waals surface area contributed by atoms with Crippen LogP contribution in [-0.4, -0.2) is 6.04 Å². The fourth-order valence-electron chi connectivity index (χ4n) is 2.69. The van der Waals surface area contributed by atoms with Gasteiger partial charge >= 0.3 is 0 Å². The standard InChI is InChI=1S/C15H20ClF2N/c1-15(2)6-3-4-11(5-7-15)19-14-12(16)8-10(17)9-13(14)18/h8-9,11,19H,3-7H2,1-2H3. The van der Waals surface area contributed by atoms with Crippen molar-refractivity contribution in [2.45, 2.75) is 52.0 Å². The topological polar surface area (TPSA) is 12.0 Å². The number of halogens is 3. The van der Waals surface area contributed by atoms with E-state index in [-0.39, 0.29) is 16.8 Å². The fourth-order valence-corrected chi connectivity index (χ4v) is 2.94. The third kappa shape index (κ3) is 3.82. The molecule has 1 unspecified atom stereocenters. The molecular weight excluding hydrogens is 268 g/mol. The molecule has 0 bridgehead atoms. The van der Waals surface area contributed by atoms with Crippen LogP contribution in [0.5, 0.6) is 0 Å². The van der Waals surface area contributed by atoms with E-state index in [4.69, 9.17) is 11.6 Å². The predicted molar refractivity (Wildman–Crippen MR) is 75.6 cm³/mol. The molecule has 0 aromatic heterocycles. The molecule has 1 aromatic rings. The molecule has 0 radical (unpaired) electrons. The van der Waals surface area contributed by atoms with Crippen LogP contribution in [0.4, 0.5) is 14.5 Å². The van der Waals surface area contributed by atoms with Gasteiger partial charge in [0.25, 0.3) is 0 Å². The highest BCUT2D eigenvalue weighted by molar-refractivity contribution is 6.33. The summed E-state index contributed by atoms with van der Waals surface area (Å²) in [6, 6.07) is 2.22. The van der Waals surface area contributed by atoms with Gasteiger partial charge < -0.3 is 5.32 Å². The second-order valence-corrected chi connectivity index (χ2v) is 6.59. The summed E-state index contributed by atoms with van der Waals surface area (Å²) in [5.41, 5.74) is 0.578. The van der Waals surface area contributed by atoms with Crippen LogP contribution in [-0.2, 0) is 0 Å². The van der Waals surface area contributed by atoms with Gasteiger partial charge in [0.1, 0.15) is 5.82 Å². The zero-order chi connectivity index (χ0) is 14.0. The Morgan fingerprint density at radius 3 is 2.63 bits per heavy atom. The average molecular weight is 288 g/mol. The van der Waals surface area contributed by atoms with Crippen LogP contribution in [0, 0.1) is 17.0 Å². The van der Waals surface area contributed by atoms with E-state index in [1.807, 2.05) is 0 Å². The summed E-state index contributed by atoms with van der Waals surface area (Å²) >= 11 is 5.91. The molecular formula is C15H20ClF2N. The second-order valence-electron chi connectivity index (χ2n) is 6.18. The van der Waals surface area contributed by atoms with Gasteiger partial charge in [0.05, 0.1) is 10.7 Å². The normalized spacial score (nSPS) is 22.9. The summed E-state index contributed by atoms with van der Waals surface area (Å²) in [5, 5.41) is 3.26. The van der Waals surface area contributed by atoms with E-state index in [9.17, 15) is 8.78 Å². The number of benzene rings is 1. The van der Waals surface area contributed by atoms with Gasteiger partial charge in [-0.2, -0.15) is 0 Å². The molecule has 4 heteroatoms. The highest BCUT2D eigenvalue weighted by atomic mass is 35.5. The van der Waals surface area contributed by atoms with Crippen LogP contribution >= 0.6 is 11.6 Å². The van der Waals surface area contributed by atoms with Gasteiger partial charge in [-0.1, -0.05) is 31.9 Å². The Morgan fingerprint density at radius 2 is 1.95 bits per heavy atom. The third-order valence-corrected chi connectivity index (χ3v) is 4.23. The van der Waals surface area contributed by atoms with E-state index in [0.29, 0.717) is 5.41 Å². The van der Waals surface area contributed by atoms with E-state index in [0.717, 1.165) is 37.8 Å². The lowest BCUT2D eigenvalue weighted by molar-refractivity contribution is 0.313. The quantitative estimate of drug-likeness (QED) is 0.719. The van der Waals surface area contributed by atoms with Gasteiger partial charge in [0.15, 0.2) is 5.82 Å². The van der Waals surface area contributed by atoms with Crippen molar-refractivity contribution in [1.29, 1.82) is 0 Å². The maximum absolute atomic E-state index is 13.7. The van der Waals surface area contributed by atoms with Gasteiger partial charge in [-0.25, -0.2) is 8.78 Å². The molecule has 0 saturated heterocycles. The van der Waals surface area contributed by atoms with Crippen molar-refractivity contribution in [3.63, 3.8) is 0 Å². The first-order chi connectivity index (χ1) is 8.87. The van der Waals surface area contributed by atoms with Gasteiger partial charge in [0, 0.05) is 12.1 Å². The van der Waals surface area contributed by atoms with Gasteiger partial charge in [-0.3, -0.25) is 0 Å². The van der Waals surface area contributed by atoms with Crippen molar-refractivity contribution in [3.8, 4) is 0 Å². The maximum Gasteiger partial charge on any atom is 0.150 e. The van der Waals surface area contributed by atoms with Crippen molar-refractivity contribution >= 4 is 17.3 Å². The lowest BCUT2D eigenvalue weighted by Gasteiger charge is -2.22. The highest BCUT2D eigenvalue weighted by Gasteiger charge is 2.25. The monoisotopic (exact) mass is 287 g/mol. The lowest BCUT2D eigenvalue weighted by atomic mass is 9.85. The van der Waals surface area contributed by atoms with E-state index < -0.39 is 11.6 Å². The molecule has 0 amide bonds. The first kappa shape index (κ1) is 14.6. The average Bonchev–Trinajstić information content (AvgIpc) is 2.45. The Hall–Kier alpha value is -0.830. The molecule has 106 valence electrons. The van der Waals surface area contributed by atoms with Crippen molar-refractivity contribution in [1.82, 2.24) is 0 Å². The molecule has 1 saturated carbocycles. The smallest absolute Gasteiger partial charge is 0.150 e. The van der Waals surface area contributed by atoms with Crippen LogP contribution in [0.15, 0.2) is 12.1 Å². The largest absolute Gasteiger partial charge is 0.379 e. The first-order valence-electron chi connectivity index (χ1n) is 6.78. The molecule has 0 spiro atoms. The van der Waals surface area contributed by atoms with Crippen LogP contribution < -0.4 is 5.32 Å². The SMILES string of the molecule is CC1(C)CCCC(Nc2c(F)cc(F)cc2Cl)CC1. The summed E-state index contributed by atoms with van der Waals surface area (Å²) in [7, 11) is 0. The molecule has 1 aliphatic carbocycles. The molecule has 1 aromatic carbocycles. The summed E-state index contributed by atoms with van der Waals surface area (Å²) in [5.74, 6) is -1.26. The minimum Gasteiger partial charge on any atom is -0.379 e. The highest BCUT2D eigenvalue weighted by Crippen LogP contribution is 2.36. The minimum atomic E-state index is -0.643. The summed E-state index contributed by atoms with van der Waals surface area (Å²) in [6.07, 6.45) is 5.39. The Kier molecular flexibility index (Phi) is 4.34. The third-order valence-electron chi connectivity index (χ3n) is 3.93. The van der Waals surface area contributed by atoms with Crippen LogP contribution in [0.2, 0.25) is 5.02 Å². The molecule has 1 nitrogen and oxygen atoms in total. The van der Waals surface area contributed by atoms with Crippen molar-refractivity contribution in [2.24, 2.45) is 5.41 Å². The maximum atomic E-state index is 13.7. The van der Waals surface area contributed by atoms with E-state index in [1.165, 1.54) is 6.42 Å². The van der Waals surface area contributed by atoms with Crippen LogP contribution in [0.25, 0.3) is 0 Å². The second kappa shape index (κ2) is 5.66. The first-order valence-corrected chi connectivity index (χ1v) is 7.16. The van der Waals surface area contributed by atoms with Gasteiger partial charge in [0.2, 0.25) is 0 Å². The Labute approximate surface area is 118 Å². The molecule has 0 aliphatic heterocycles. The zero-order valence-corrected chi connectivity index (χ0v) is 12.2. The van der Waals surface area contributed by atoms with Crippen molar-refractivity contribution in [2.75, 3.05) is 5.32 Å². The Balaban J connectivity index is 2.09. The summed E-state index contributed by atoms with van der Waals surface area (Å²) in [6.45, 7) is 4.53. The Bertz CT molecular complexity index is 436. The van der Waals surface area contributed by atoms with Crippen molar-refractivity contribution in [3.05, 3.63) is 28.8 Å². The molecule has 19 heavy (non-hydrogen) atoms. The van der Waals surface area contributed by atoms with Gasteiger partial charge in [-0.15, -0.1) is 0 Å². The molecule has 1 fully saturated rings. The van der Waals surface area contributed by atoms with E-state index in [1.54, 1.807) is 0 Å². The number of rotatable bonds is 2. The number of hydrogen-bond acceptors (Lipinski definition) is 1. The molecule has 1 N–H and O–H groups in total. The van der Waals surface area contributed by atoms with E-state index >= 15 is 0 Å². The van der Waals surface area contributed by atoms with Gasteiger partial charge in [-0.05, 0) is 37.2 Å². The molecule has 1 atom stereocenters. The number of anilines is 1. The predicted octanol–water partition coefficient (Wildman–Crippen LogP) is 5.39. The van der Waals surface area contributed by atoms with E-state index in [2.05, 4.69) is 19.2 Å². The molecule has 2 rings (SSSR count). The summed E-state index contributed by atoms with van der Waals surface area (Å²) < 4.78 is 26.7. The zero-order valence-electron chi connectivity index (χ0n) is 11.4. The minimum absolute atomic E-state index is 0.112. The summed E-state index contributed by atoms with van der Waals surface area (Å²) in [4.78, 5) is 0. The van der Waals surface area contributed by atoms with Crippen molar-refractivity contribution < 1.29 is 8.78 Å². The van der Waals surface area contributed by atoms with Crippen LogP contribution in [0.3, 0.4) is 0 Å². The fraction of sp³-hybridized carbons (Fsp3) is 0.600. The molecule has 0 heterocycles. The van der Waals surface area contributed by atoms with Crippen LogP contribution in [0.1, 0.15) is 46.0 Å². The number of hydrogen-bond donors (Lipinski definition) is 1. The number of nitrogens with one attached hydrogen (secondary N) is 1. The lowest BCUT2D eigenvalue weighted by Crippen LogP contribution is -2.20.